The summed E-state index contributed by atoms with van der Waals surface area (Å²) in [7, 11) is -3.60. The van der Waals surface area contributed by atoms with Crippen molar-refractivity contribution in [1.82, 2.24) is 4.31 Å². The summed E-state index contributed by atoms with van der Waals surface area (Å²) in [5, 5.41) is 0. The fourth-order valence-electron chi connectivity index (χ4n) is 1.52. The van der Waals surface area contributed by atoms with Crippen LogP contribution in [0.25, 0.3) is 0 Å². The van der Waals surface area contributed by atoms with Crippen LogP contribution in [0, 0.1) is 6.92 Å². The molecule has 3 nitrogen and oxygen atoms in total. The predicted molar refractivity (Wildman–Crippen MR) is 79.8 cm³/mol. The Morgan fingerprint density at radius 1 is 1.26 bits per heavy atom. The summed E-state index contributed by atoms with van der Waals surface area (Å²) >= 11 is 11.2. The monoisotopic (exact) mass is 321 g/mol. The number of hydrogen-bond donors (Lipinski definition) is 0. The second-order valence-corrected chi connectivity index (χ2v) is 7.10. The maximum atomic E-state index is 12.4. The highest BCUT2D eigenvalue weighted by Crippen LogP contribution is 2.20. The van der Waals surface area contributed by atoms with E-state index in [1.165, 1.54) is 10.5 Å². The minimum absolute atomic E-state index is 0.0770. The summed E-state index contributed by atoms with van der Waals surface area (Å²) in [5.41, 5.74) is 1.00. The third-order valence-corrected chi connectivity index (χ3v) is 4.57. The Balaban J connectivity index is 3.11. The Morgan fingerprint density at radius 2 is 1.84 bits per heavy atom. The first-order valence-electron chi connectivity index (χ1n) is 5.99. The average molecular weight is 322 g/mol. The minimum atomic E-state index is -3.60. The van der Waals surface area contributed by atoms with E-state index in [4.69, 9.17) is 23.2 Å². The third kappa shape index (κ3) is 4.71. The first-order chi connectivity index (χ1) is 8.87. The van der Waals surface area contributed by atoms with Crippen molar-refractivity contribution < 1.29 is 8.42 Å². The van der Waals surface area contributed by atoms with E-state index in [-0.39, 0.29) is 9.39 Å². The van der Waals surface area contributed by atoms with Gasteiger partial charge in [-0.3, -0.25) is 4.31 Å². The van der Waals surface area contributed by atoms with Gasteiger partial charge in [0, 0.05) is 12.7 Å². The fraction of sp³-hybridized carbons (Fsp3) is 0.385. The smallest absolute Gasteiger partial charge is 0.263 e. The molecule has 0 bridgehead atoms. The second kappa shape index (κ2) is 7.17. The summed E-state index contributed by atoms with van der Waals surface area (Å²) in [4.78, 5) is 0.236. The number of unbranched alkanes of at least 4 members (excludes halogenated alkanes) is 1. The summed E-state index contributed by atoms with van der Waals surface area (Å²) in [5.74, 6) is 0. The van der Waals surface area contributed by atoms with Crippen LogP contribution < -0.4 is 0 Å². The van der Waals surface area contributed by atoms with Crippen molar-refractivity contribution in [3.8, 4) is 0 Å². The lowest BCUT2D eigenvalue weighted by atomic mass is 10.2. The summed E-state index contributed by atoms with van der Waals surface area (Å²) in [6, 6.07) is 6.69. The third-order valence-electron chi connectivity index (χ3n) is 2.60. The Labute approximate surface area is 124 Å². The Morgan fingerprint density at radius 3 is 2.32 bits per heavy atom. The lowest BCUT2D eigenvalue weighted by Crippen LogP contribution is -2.27. The van der Waals surface area contributed by atoms with Crippen molar-refractivity contribution in [2.45, 2.75) is 31.6 Å². The molecule has 0 aliphatic carbocycles. The molecule has 0 amide bonds. The van der Waals surface area contributed by atoms with Gasteiger partial charge in [0.15, 0.2) is 0 Å². The molecule has 0 aromatic heterocycles. The quantitative estimate of drug-likeness (QED) is 0.792. The molecule has 0 saturated carbocycles. The van der Waals surface area contributed by atoms with Gasteiger partial charge >= 0.3 is 0 Å². The van der Waals surface area contributed by atoms with Gasteiger partial charge in [-0.1, -0.05) is 54.2 Å². The number of hydrogen-bond acceptors (Lipinski definition) is 2. The molecule has 0 unspecified atom stereocenters. The molecule has 0 saturated heterocycles. The Hall–Kier alpha value is -0.710. The lowest BCUT2D eigenvalue weighted by Gasteiger charge is -2.20. The van der Waals surface area contributed by atoms with Crippen molar-refractivity contribution >= 4 is 33.2 Å². The van der Waals surface area contributed by atoms with E-state index in [2.05, 4.69) is 0 Å². The fourth-order valence-corrected chi connectivity index (χ4v) is 3.24. The molecule has 0 N–H and O–H groups in total. The van der Waals surface area contributed by atoms with Crippen LogP contribution in [-0.4, -0.2) is 19.3 Å². The topological polar surface area (TPSA) is 37.4 Å². The van der Waals surface area contributed by atoms with Gasteiger partial charge in [0.25, 0.3) is 10.0 Å². The molecule has 0 atom stereocenters. The van der Waals surface area contributed by atoms with Gasteiger partial charge in [-0.05, 0) is 25.5 Å². The van der Waals surface area contributed by atoms with Gasteiger partial charge in [0.2, 0.25) is 0 Å². The second-order valence-electron chi connectivity index (χ2n) is 4.20. The van der Waals surface area contributed by atoms with E-state index in [9.17, 15) is 8.42 Å². The molecular formula is C13H17Cl2NO2S. The molecule has 6 heteroatoms. The molecule has 1 aromatic carbocycles. The van der Waals surface area contributed by atoms with E-state index in [1.54, 1.807) is 24.3 Å². The molecule has 0 radical (unpaired) electrons. The van der Waals surface area contributed by atoms with Crippen LogP contribution in [0.4, 0.5) is 0 Å². The molecule has 0 fully saturated rings. The van der Waals surface area contributed by atoms with Gasteiger partial charge in [0.1, 0.15) is 4.49 Å². The van der Waals surface area contributed by atoms with Crippen molar-refractivity contribution in [3.63, 3.8) is 0 Å². The molecule has 0 aliphatic rings. The van der Waals surface area contributed by atoms with Crippen molar-refractivity contribution in [2.75, 3.05) is 6.54 Å². The molecule has 106 valence electrons. The number of halogens is 2. The zero-order valence-corrected chi connectivity index (χ0v) is 13.3. The van der Waals surface area contributed by atoms with Gasteiger partial charge < -0.3 is 0 Å². The lowest BCUT2D eigenvalue weighted by molar-refractivity contribution is 0.486. The summed E-state index contributed by atoms with van der Waals surface area (Å²) < 4.78 is 26.0. The highest BCUT2D eigenvalue weighted by Gasteiger charge is 2.21. The summed E-state index contributed by atoms with van der Waals surface area (Å²) in [6.45, 7) is 4.25. The summed E-state index contributed by atoms with van der Waals surface area (Å²) in [6.07, 6.45) is 2.87. The molecule has 19 heavy (non-hydrogen) atoms. The minimum Gasteiger partial charge on any atom is -0.271 e. The van der Waals surface area contributed by atoms with Gasteiger partial charge in [-0.15, -0.1) is 0 Å². The van der Waals surface area contributed by atoms with Crippen LogP contribution in [-0.2, 0) is 10.0 Å². The molecule has 1 rings (SSSR count). The number of benzene rings is 1. The van der Waals surface area contributed by atoms with Crippen LogP contribution in [0.1, 0.15) is 25.3 Å². The maximum absolute atomic E-state index is 12.4. The van der Waals surface area contributed by atoms with Crippen molar-refractivity contribution in [2.24, 2.45) is 0 Å². The average Bonchev–Trinajstić information content (AvgIpc) is 2.34. The van der Waals surface area contributed by atoms with Crippen LogP contribution in [0.2, 0.25) is 0 Å². The number of aryl methyl sites for hydroxylation is 1. The first kappa shape index (κ1) is 16.3. The van der Waals surface area contributed by atoms with Gasteiger partial charge in [0.05, 0.1) is 4.90 Å². The van der Waals surface area contributed by atoms with Crippen LogP contribution in [0.5, 0.6) is 0 Å². The van der Waals surface area contributed by atoms with Crippen LogP contribution >= 0.6 is 23.2 Å². The number of sulfonamides is 1. The van der Waals surface area contributed by atoms with E-state index in [0.717, 1.165) is 18.4 Å². The molecular weight excluding hydrogens is 305 g/mol. The molecule has 0 aliphatic heterocycles. The highest BCUT2D eigenvalue weighted by atomic mass is 35.5. The molecule has 0 heterocycles. The maximum Gasteiger partial charge on any atom is 0.263 e. The van der Waals surface area contributed by atoms with Crippen LogP contribution in [0.3, 0.4) is 0 Å². The van der Waals surface area contributed by atoms with Crippen molar-refractivity contribution in [1.29, 1.82) is 0 Å². The zero-order valence-electron chi connectivity index (χ0n) is 10.9. The highest BCUT2D eigenvalue weighted by molar-refractivity contribution is 7.89. The predicted octanol–water partition coefficient (Wildman–Crippen LogP) is 4.06. The molecule has 0 spiro atoms. The van der Waals surface area contributed by atoms with Gasteiger partial charge in [-0.2, -0.15) is 0 Å². The standard InChI is InChI=1S/C13H17Cl2NO2S/c1-3-4-9-16(10-13(14)15)19(17,18)12-7-5-11(2)6-8-12/h5-8,10H,3-4,9H2,1-2H3. The first-order valence-corrected chi connectivity index (χ1v) is 8.19. The number of nitrogens with zero attached hydrogens (tertiary/aromatic N) is 1. The van der Waals surface area contributed by atoms with Crippen LogP contribution in [0.15, 0.2) is 39.9 Å². The van der Waals surface area contributed by atoms with E-state index in [1.807, 2.05) is 13.8 Å². The largest absolute Gasteiger partial charge is 0.271 e. The van der Waals surface area contributed by atoms with E-state index >= 15 is 0 Å². The Bertz CT molecular complexity index is 534. The SMILES string of the molecule is CCCCN(C=C(Cl)Cl)S(=O)(=O)c1ccc(C)cc1. The van der Waals surface area contributed by atoms with Gasteiger partial charge in [-0.25, -0.2) is 8.42 Å². The van der Waals surface area contributed by atoms with Crippen molar-refractivity contribution in [3.05, 3.63) is 40.5 Å². The Kier molecular flexibility index (Phi) is 6.17. The normalized spacial score (nSPS) is 11.2. The van der Waals surface area contributed by atoms with E-state index in [0.29, 0.717) is 6.54 Å². The zero-order chi connectivity index (χ0) is 14.5. The molecule has 1 aromatic rings. The number of rotatable bonds is 6. The van der Waals surface area contributed by atoms with E-state index < -0.39 is 10.0 Å².